The van der Waals surface area contributed by atoms with Crippen molar-refractivity contribution in [2.45, 2.75) is 367 Å². The number of carbonyl (C=O) groups is 3. The van der Waals surface area contributed by atoms with Gasteiger partial charge in [-0.25, -0.2) is 0 Å². The molecule has 0 N–H and O–H groups in total. The quantitative estimate of drug-likeness (QED) is 0.0261. The highest BCUT2D eigenvalue weighted by molar-refractivity contribution is 5.71. The molecule has 1 unspecified atom stereocenters. The Morgan fingerprint density at radius 3 is 0.764 bits per heavy atom. The van der Waals surface area contributed by atoms with E-state index in [9.17, 15) is 14.4 Å². The van der Waals surface area contributed by atoms with Crippen LogP contribution in [0.3, 0.4) is 0 Å². The van der Waals surface area contributed by atoms with Crippen LogP contribution < -0.4 is 0 Å². The highest BCUT2D eigenvalue weighted by Crippen LogP contribution is 2.18. The average molecular weight is 1010 g/mol. The molecule has 0 radical (unpaired) electrons. The van der Waals surface area contributed by atoms with Crippen molar-refractivity contribution < 1.29 is 28.6 Å². The summed E-state index contributed by atoms with van der Waals surface area (Å²) in [6.45, 7) is 6.66. The monoisotopic (exact) mass is 1010 g/mol. The first-order valence-corrected chi connectivity index (χ1v) is 32.3. The summed E-state index contributed by atoms with van der Waals surface area (Å²) in [6, 6.07) is 0. The van der Waals surface area contributed by atoms with E-state index >= 15 is 0 Å². The van der Waals surface area contributed by atoms with Crippen molar-refractivity contribution in [3.05, 3.63) is 24.3 Å². The lowest BCUT2D eigenvalue weighted by atomic mass is 10.0. The molecule has 0 saturated heterocycles. The number of unbranched alkanes of at least 4 members (excludes halogenated alkanes) is 45. The van der Waals surface area contributed by atoms with E-state index in [0.29, 0.717) is 19.3 Å². The zero-order valence-electron chi connectivity index (χ0n) is 48.7. The van der Waals surface area contributed by atoms with Crippen molar-refractivity contribution in [3.63, 3.8) is 0 Å². The number of carbonyl (C=O) groups excluding carboxylic acids is 3. The lowest BCUT2D eigenvalue weighted by molar-refractivity contribution is -0.167. The maximum Gasteiger partial charge on any atom is 0.306 e. The molecule has 6 heteroatoms. The van der Waals surface area contributed by atoms with Crippen molar-refractivity contribution >= 4 is 17.9 Å². The molecule has 72 heavy (non-hydrogen) atoms. The van der Waals surface area contributed by atoms with Crippen LogP contribution in [0.2, 0.25) is 0 Å². The molecule has 0 aliphatic carbocycles. The van der Waals surface area contributed by atoms with E-state index in [1.807, 2.05) is 0 Å². The highest BCUT2D eigenvalue weighted by Gasteiger charge is 2.19. The predicted octanol–water partition coefficient (Wildman–Crippen LogP) is 21.8. The van der Waals surface area contributed by atoms with E-state index in [0.717, 1.165) is 64.2 Å². The fourth-order valence-corrected chi connectivity index (χ4v) is 9.83. The van der Waals surface area contributed by atoms with Crippen molar-refractivity contribution in [2.24, 2.45) is 0 Å². The van der Waals surface area contributed by atoms with Gasteiger partial charge in [-0.1, -0.05) is 315 Å². The molecule has 0 aromatic carbocycles. The molecule has 424 valence electrons. The van der Waals surface area contributed by atoms with E-state index in [4.69, 9.17) is 14.2 Å². The molecule has 0 aliphatic rings. The second kappa shape index (κ2) is 61.4. The van der Waals surface area contributed by atoms with Gasteiger partial charge in [0.15, 0.2) is 6.10 Å². The van der Waals surface area contributed by atoms with Crippen LogP contribution in [0.15, 0.2) is 24.3 Å². The first-order chi connectivity index (χ1) is 35.5. The maximum atomic E-state index is 12.9. The molecule has 1 atom stereocenters. The van der Waals surface area contributed by atoms with Gasteiger partial charge in [-0.2, -0.15) is 0 Å². The first-order valence-electron chi connectivity index (χ1n) is 32.3. The standard InChI is InChI=1S/C66H124O6/c1-4-7-10-13-16-19-21-23-25-27-29-31-33-35-37-39-41-43-45-47-50-53-56-59-65(68)71-62-63(61-70-64(67)58-55-52-49-18-15-12-9-6-3)72-66(69)60-57-54-51-48-46-44-42-40-38-36-34-32-30-28-26-24-22-20-17-14-11-8-5-2/h21,23,27,29,63H,4-20,22,24-26,28,30-62H2,1-3H3/b23-21-,29-27-. The zero-order valence-corrected chi connectivity index (χ0v) is 48.7. The SMILES string of the molecule is CCCCCCC/C=C\C/C=C\CCCCCCCCCCCCCC(=O)OCC(COC(=O)CCCCCCCCCC)OC(=O)CCCCCCCCCCCCCCCCCCCCCCCCC. The fourth-order valence-electron chi connectivity index (χ4n) is 9.83. The van der Waals surface area contributed by atoms with Crippen LogP contribution >= 0.6 is 0 Å². The zero-order chi connectivity index (χ0) is 52.2. The number of hydrogen-bond donors (Lipinski definition) is 0. The van der Waals surface area contributed by atoms with E-state index in [-0.39, 0.29) is 31.1 Å². The number of ether oxygens (including phenoxy) is 3. The Labute approximate surface area is 449 Å². The molecule has 0 rings (SSSR count). The molecular formula is C66H124O6. The predicted molar refractivity (Wildman–Crippen MR) is 312 cm³/mol. The summed E-state index contributed by atoms with van der Waals surface area (Å²) >= 11 is 0. The minimum Gasteiger partial charge on any atom is -0.462 e. The van der Waals surface area contributed by atoms with E-state index in [1.54, 1.807) is 0 Å². The van der Waals surface area contributed by atoms with Crippen molar-refractivity contribution in [2.75, 3.05) is 13.2 Å². The summed E-state index contributed by atoms with van der Waals surface area (Å²) in [4.78, 5) is 38.1. The number of esters is 3. The van der Waals surface area contributed by atoms with Gasteiger partial charge in [-0.3, -0.25) is 14.4 Å². The summed E-state index contributed by atoms with van der Waals surface area (Å²) in [5.74, 6) is -0.847. The lowest BCUT2D eigenvalue weighted by Gasteiger charge is -2.18. The summed E-state index contributed by atoms with van der Waals surface area (Å²) in [5.41, 5.74) is 0. The van der Waals surface area contributed by atoms with Crippen molar-refractivity contribution in [1.82, 2.24) is 0 Å². The molecule has 0 heterocycles. The van der Waals surface area contributed by atoms with E-state index in [1.165, 1.54) is 257 Å². The Morgan fingerprint density at radius 2 is 0.500 bits per heavy atom. The Hall–Kier alpha value is -2.11. The second-order valence-corrected chi connectivity index (χ2v) is 22.0. The first kappa shape index (κ1) is 69.9. The molecule has 0 aromatic rings. The molecular weight excluding hydrogens is 889 g/mol. The van der Waals surface area contributed by atoms with Gasteiger partial charge in [0, 0.05) is 19.3 Å². The molecule has 0 saturated carbocycles. The molecule has 0 bridgehead atoms. The Kier molecular flexibility index (Phi) is 59.6. The van der Waals surface area contributed by atoms with Crippen LogP contribution in [0.4, 0.5) is 0 Å². The highest BCUT2D eigenvalue weighted by atomic mass is 16.6. The third-order valence-electron chi connectivity index (χ3n) is 14.7. The van der Waals surface area contributed by atoms with Crippen LogP contribution in [0.25, 0.3) is 0 Å². The van der Waals surface area contributed by atoms with Gasteiger partial charge >= 0.3 is 17.9 Å². The topological polar surface area (TPSA) is 78.9 Å². The summed E-state index contributed by atoms with van der Waals surface area (Å²) in [6.07, 6.45) is 73.5. The average Bonchev–Trinajstić information content (AvgIpc) is 3.38. The molecule has 0 fully saturated rings. The van der Waals surface area contributed by atoms with E-state index < -0.39 is 6.10 Å². The van der Waals surface area contributed by atoms with Crippen LogP contribution in [-0.2, 0) is 28.6 Å². The summed E-state index contributed by atoms with van der Waals surface area (Å²) in [5, 5.41) is 0. The Morgan fingerprint density at radius 1 is 0.278 bits per heavy atom. The van der Waals surface area contributed by atoms with Crippen LogP contribution in [0.1, 0.15) is 361 Å². The number of hydrogen-bond acceptors (Lipinski definition) is 6. The smallest absolute Gasteiger partial charge is 0.306 e. The van der Waals surface area contributed by atoms with Gasteiger partial charge in [-0.05, 0) is 51.4 Å². The molecule has 6 nitrogen and oxygen atoms in total. The van der Waals surface area contributed by atoms with Crippen LogP contribution in [0.5, 0.6) is 0 Å². The van der Waals surface area contributed by atoms with Crippen molar-refractivity contribution in [3.8, 4) is 0 Å². The normalized spacial score (nSPS) is 12.1. The second-order valence-electron chi connectivity index (χ2n) is 22.0. The van der Waals surface area contributed by atoms with Gasteiger partial charge < -0.3 is 14.2 Å². The summed E-state index contributed by atoms with van der Waals surface area (Å²) in [7, 11) is 0. The number of rotatable bonds is 60. The van der Waals surface area contributed by atoms with Crippen LogP contribution in [-0.4, -0.2) is 37.2 Å². The van der Waals surface area contributed by atoms with Gasteiger partial charge in [0.25, 0.3) is 0 Å². The lowest BCUT2D eigenvalue weighted by Crippen LogP contribution is -2.30. The fraction of sp³-hybridized carbons (Fsp3) is 0.894. The van der Waals surface area contributed by atoms with Gasteiger partial charge in [0.2, 0.25) is 0 Å². The third kappa shape index (κ3) is 58.8. The molecule has 0 spiro atoms. The van der Waals surface area contributed by atoms with Gasteiger partial charge in [0.1, 0.15) is 13.2 Å². The number of allylic oxidation sites excluding steroid dienone is 4. The van der Waals surface area contributed by atoms with Crippen molar-refractivity contribution in [1.29, 1.82) is 0 Å². The molecule has 0 amide bonds. The minimum absolute atomic E-state index is 0.0664. The maximum absolute atomic E-state index is 12.9. The van der Waals surface area contributed by atoms with Crippen LogP contribution in [0, 0.1) is 0 Å². The Balaban J connectivity index is 4.12. The van der Waals surface area contributed by atoms with E-state index in [2.05, 4.69) is 45.1 Å². The Bertz CT molecular complexity index is 1160. The summed E-state index contributed by atoms with van der Waals surface area (Å²) < 4.78 is 16.9. The largest absolute Gasteiger partial charge is 0.462 e. The molecule has 0 aliphatic heterocycles. The van der Waals surface area contributed by atoms with Gasteiger partial charge in [-0.15, -0.1) is 0 Å². The van der Waals surface area contributed by atoms with Gasteiger partial charge in [0.05, 0.1) is 0 Å². The minimum atomic E-state index is -0.766. The third-order valence-corrected chi connectivity index (χ3v) is 14.7. The molecule has 0 aromatic heterocycles.